The lowest BCUT2D eigenvalue weighted by atomic mass is 10.2. The fraction of sp³-hybridized carbons (Fsp3) is 0.316. The minimum atomic E-state index is -2.87. The van der Waals surface area contributed by atoms with Gasteiger partial charge in [-0.3, -0.25) is 14.2 Å². The number of nitrogens with one attached hydrogen (secondary N) is 1. The van der Waals surface area contributed by atoms with Gasteiger partial charge in [0.25, 0.3) is 11.5 Å². The lowest BCUT2D eigenvalue weighted by Gasteiger charge is -2.07. The van der Waals surface area contributed by atoms with E-state index in [2.05, 4.69) is 15.0 Å². The zero-order valence-electron chi connectivity index (χ0n) is 15.0. The summed E-state index contributed by atoms with van der Waals surface area (Å²) in [7, 11) is 0. The summed E-state index contributed by atoms with van der Waals surface area (Å²) in [6.07, 6.45) is 1.68. The number of carbonyl (C=O) groups is 1. The van der Waals surface area contributed by atoms with Gasteiger partial charge in [0.1, 0.15) is 16.4 Å². The quantitative estimate of drug-likeness (QED) is 0.707. The lowest BCUT2D eigenvalue weighted by Crippen LogP contribution is -2.23. The lowest BCUT2D eigenvalue weighted by molar-refractivity contribution is -0.0498. The molecule has 0 atom stereocenters. The van der Waals surface area contributed by atoms with Crippen LogP contribution in [-0.2, 0) is 19.5 Å². The van der Waals surface area contributed by atoms with E-state index in [1.165, 1.54) is 23.5 Å². The number of ether oxygens (including phenoxy) is 1. The molecule has 1 aromatic carbocycles. The van der Waals surface area contributed by atoms with Gasteiger partial charge in [0.2, 0.25) is 0 Å². The van der Waals surface area contributed by atoms with Crippen molar-refractivity contribution in [1.82, 2.24) is 14.9 Å². The molecule has 3 heterocycles. The van der Waals surface area contributed by atoms with Crippen molar-refractivity contribution in [3.63, 3.8) is 0 Å². The average Bonchev–Trinajstić information content (AvgIpc) is 3.26. The summed E-state index contributed by atoms with van der Waals surface area (Å²) in [6.45, 7) is -0.223. The molecule has 0 radical (unpaired) electrons. The molecule has 0 saturated heterocycles. The van der Waals surface area contributed by atoms with Gasteiger partial charge in [-0.05, 0) is 36.6 Å². The second-order valence-corrected chi connectivity index (χ2v) is 7.53. The standard InChI is InChI=1S/C19H17F2N3O3S/c1-10-14-17(23-13-3-2-8-24(13)18(14)26)28-15(10)16(25)22-9-11-4-6-12(7-5-11)27-19(20)21/h4-7,19H,2-3,8-9H2,1H3,(H,22,25). The van der Waals surface area contributed by atoms with Crippen molar-refractivity contribution in [2.24, 2.45) is 0 Å². The maximum atomic E-state index is 12.7. The number of rotatable bonds is 5. The summed E-state index contributed by atoms with van der Waals surface area (Å²) in [4.78, 5) is 30.9. The number of alkyl halides is 2. The number of amides is 1. The zero-order chi connectivity index (χ0) is 19.8. The second kappa shape index (κ2) is 7.31. The van der Waals surface area contributed by atoms with Crippen LogP contribution in [0.15, 0.2) is 29.1 Å². The van der Waals surface area contributed by atoms with Crippen LogP contribution in [0, 0.1) is 6.92 Å². The normalized spacial score (nSPS) is 13.1. The van der Waals surface area contributed by atoms with Gasteiger partial charge >= 0.3 is 6.61 Å². The summed E-state index contributed by atoms with van der Waals surface area (Å²) in [5.41, 5.74) is 1.30. The Balaban J connectivity index is 1.52. The Morgan fingerprint density at radius 2 is 2.11 bits per heavy atom. The molecule has 1 aliphatic heterocycles. The maximum absolute atomic E-state index is 12.7. The van der Waals surface area contributed by atoms with Crippen LogP contribution in [0.3, 0.4) is 0 Å². The molecule has 0 bridgehead atoms. The first-order valence-electron chi connectivity index (χ1n) is 8.79. The molecule has 6 nitrogen and oxygen atoms in total. The molecule has 2 aromatic heterocycles. The van der Waals surface area contributed by atoms with Crippen LogP contribution in [0.2, 0.25) is 0 Å². The van der Waals surface area contributed by atoms with Crippen molar-refractivity contribution < 1.29 is 18.3 Å². The Morgan fingerprint density at radius 3 is 2.82 bits per heavy atom. The first-order valence-corrected chi connectivity index (χ1v) is 9.60. The Labute approximate surface area is 162 Å². The van der Waals surface area contributed by atoms with E-state index < -0.39 is 6.61 Å². The highest BCUT2D eigenvalue weighted by atomic mass is 32.1. The first kappa shape index (κ1) is 18.5. The largest absolute Gasteiger partial charge is 0.435 e. The summed E-state index contributed by atoms with van der Waals surface area (Å²) in [5, 5.41) is 3.31. The van der Waals surface area contributed by atoms with Crippen LogP contribution >= 0.6 is 11.3 Å². The smallest absolute Gasteiger partial charge is 0.387 e. The Kier molecular flexibility index (Phi) is 4.84. The Morgan fingerprint density at radius 1 is 1.36 bits per heavy atom. The highest BCUT2D eigenvalue weighted by molar-refractivity contribution is 7.20. The first-order chi connectivity index (χ1) is 13.4. The predicted molar refractivity (Wildman–Crippen MR) is 101 cm³/mol. The van der Waals surface area contributed by atoms with E-state index in [9.17, 15) is 18.4 Å². The summed E-state index contributed by atoms with van der Waals surface area (Å²) in [6, 6.07) is 6.05. The van der Waals surface area contributed by atoms with E-state index in [1.807, 2.05) is 0 Å². The van der Waals surface area contributed by atoms with Gasteiger partial charge in [-0.15, -0.1) is 11.3 Å². The molecule has 1 aliphatic rings. The van der Waals surface area contributed by atoms with Gasteiger partial charge < -0.3 is 10.1 Å². The van der Waals surface area contributed by atoms with Crippen molar-refractivity contribution >= 4 is 27.5 Å². The van der Waals surface area contributed by atoms with Gasteiger partial charge in [-0.25, -0.2) is 4.98 Å². The number of hydrogen-bond acceptors (Lipinski definition) is 5. The molecular formula is C19H17F2N3O3S. The van der Waals surface area contributed by atoms with Crippen molar-refractivity contribution in [1.29, 1.82) is 0 Å². The molecule has 3 aromatic rings. The molecule has 9 heteroatoms. The van der Waals surface area contributed by atoms with E-state index in [-0.39, 0.29) is 23.8 Å². The van der Waals surface area contributed by atoms with Crippen LogP contribution in [0.5, 0.6) is 5.75 Å². The van der Waals surface area contributed by atoms with Gasteiger partial charge in [0, 0.05) is 19.5 Å². The number of benzene rings is 1. The Hall–Kier alpha value is -2.81. The molecule has 4 rings (SSSR count). The third-order valence-corrected chi connectivity index (χ3v) is 5.90. The average molecular weight is 405 g/mol. The molecule has 146 valence electrons. The van der Waals surface area contributed by atoms with Crippen molar-refractivity contribution in [2.75, 3.05) is 0 Å². The van der Waals surface area contributed by atoms with E-state index in [0.717, 1.165) is 24.2 Å². The number of hydrogen-bond donors (Lipinski definition) is 1. The number of halogens is 2. The van der Waals surface area contributed by atoms with Gasteiger partial charge in [-0.2, -0.15) is 8.78 Å². The Bertz CT molecular complexity index is 1110. The van der Waals surface area contributed by atoms with Crippen LogP contribution in [0.4, 0.5) is 8.78 Å². The number of thiophene rings is 1. The summed E-state index contributed by atoms with van der Waals surface area (Å²) < 4.78 is 30.4. The molecule has 0 aliphatic carbocycles. The van der Waals surface area contributed by atoms with Crippen LogP contribution in [-0.4, -0.2) is 22.1 Å². The fourth-order valence-corrected chi connectivity index (χ4v) is 4.45. The summed E-state index contributed by atoms with van der Waals surface area (Å²) >= 11 is 1.22. The highest BCUT2D eigenvalue weighted by Gasteiger charge is 2.23. The van der Waals surface area contributed by atoms with Gasteiger partial charge in [-0.1, -0.05) is 12.1 Å². The van der Waals surface area contributed by atoms with Crippen molar-refractivity contribution in [2.45, 2.75) is 39.5 Å². The third-order valence-electron chi connectivity index (χ3n) is 4.72. The third kappa shape index (κ3) is 3.37. The number of aryl methyl sites for hydroxylation is 2. The second-order valence-electron chi connectivity index (χ2n) is 6.53. The molecule has 0 spiro atoms. The maximum Gasteiger partial charge on any atom is 0.387 e. The van der Waals surface area contributed by atoms with Crippen LogP contribution in [0.1, 0.15) is 33.0 Å². The topological polar surface area (TPSA) is 73.2 Å². The van der Waals surface area contributed by atoms with Gasteiger partial charge in [0.15, 0.2) is 0 Å². The van der Waals surface area contributed by atoms with E-state index in [1.54, 1.807) is 23.6 Å². The van der Waals surface area contributed by atoms with Crippen LogP contribution < -0.4 is 15.6 Å². The molecule has 0 unspecified atom stereocenters. The molecule has 1 N–H and O–H groups in total. The van der Waals surface area contributed by atoms with Gasteiger partial charge in [0.05, 0.1) is 10.3 Å². The zero-order valence-corrected chi connectivity index (χ0v) is 15.8. The van der Waals surface area contributed by atoms with Crippen LogP contribution in [0.25, 0.3) is 10.2 Å². The minimum absolute atomic E-state index is 0.0602. The highest BCUT2D eigenvalue weighted by Crippen LogP contribution is 2.28. The fourth-order valence-electron chi connectivity index (χ4n) is 3.34. The molecule has 28 heavy (non-hydrogen) atoms. The number of aromatic nitrogens is 2. The van der Waals surface area contributed by atoms with E-state index >= 15 is 0 Å². The molecular weight excluding hydrogens is 388 g/mol. The summed E-state index contributed by atoms with van der Waals surface area (Å²) in [5.74, 6) is 0.541. The molecule has 0 saturated carbocycles. The predicted octanol–water partition coefficient (Wildman–Crippen LogP) is 3.24. The molecule has 0 fully saturated rings. The van der Waals surface area contributed by atoms with E-state index in [0.29, 0.717) is 27.2 Å². The number of fused-ring (bicyclic) bond motifs is 2. The van der Waals surface area contributed by atoms with Crippen molar-refractivity contribution in [3.05, 3.63) is 56.4 Å². The monoisotopic (exact) mass is 405 g/mol. The van der Waals surface area contributed by atoms with E-state index in [4.69, 9.17) is 0 Å². The number of carbonyl (C=O) groups excluding carboxylic acids is 1. The SMILES string of the molecule is Cc1c(C(=O)NCc2ccc(OC(F)F)cc2)sc2nc3n(c(=O)c12)CCC3. The minimum Gasteiger partial charge on any atom is -0.435 e. The van der Waals surface area contributed by atoms with Crippen molar-refractivity contribution in [3.8, 4) is 5.75 Å². The molecule has 1 amide bonds. The number of nitrogens with zero attached hydrogens (tertiary/aromatic N) is 2.